The van der Waals surface area contributed by atoms with Crippen molar-refractivity contribution in [2.24, 2.45) is 0 Å². The number of carbonyl (C=O) groups is 1. The first-order valence-corrected chi connectivity index (χ1v) is 13.8. The first kappa shape index (κ1) is 24.4. The number of fused-ring (bicyclic) bond motifs is 1. The maximum Gasteiger partial charge on any atom is 0.272 e. The second kappa shape index (κ2) is 10.1. The molecule has 0 saturated heterocycles. The Labute approximate surface area is 228 Å². The summed E-state index contributed by atoms with van der Waals surface area (Å²) in [4.78, 5) is 28.4. The lowest BCUT2D eigenvalue weighted by Crippen LogP contribution is -2.34. The molecule has 0 fully saturated rings. The Bertz CT molecular complexity index is 1730. The number of ether oxygens (including phenoxy) is 1. The summed E-state index contributed by atoms with van der Waals surface area (Å²) in [6.45, 7) is 4.14. The van der Waals surface area contributed by atoms with E-state index in [1.165, 1.54) is 11.3 Å². The second-order valence-corrected chi connectivity index (χ2v) is 10.9. The fraction of sp³-hybridized carbons (Fsp3) is 0.0968. The van der Waals surface area contributed by atoms with E-state index in [2.05, 4.69) is 36.2 Å². The van der Waals surface area contributed by atoms with Crippen molar-refractivity contribution in [3.8, 4) is 0 Å². The lowest BCUT2D eigenvalue weighted by Gasteiger charge is -2.10. The molecule has 188 valence electrons. The average molecular weight is 537 g/mol. The van der Waals surface area contributed by atoms with E-state index in [9.17, 15) is 9.59 Å². The summed E-state index contributed by atoms with van der Waals surface area (Å²) in [5, 5.41) is 4.29. The fourth-order valence-electron chi connectivity index (χ4n) is 4.91. The van der Waals surface area contributed by atoms with Gasteiger partial charge in [-0.1, -0.05) is 103 Å². The molecule has 1 aliphatic carbocycles. The third-order valence-electron chi connectivity index (χ3n) is 6.63. The number of Topliss-reactive ketones (excluding diaryl/α,β-unsaturated/α-hetero) is 1. The van der Waals surface area contributed by atoms with Crippen molar-refractivity contribution in [1.29, 1.82) is 0 Å². The summed E-state index contributed by atoms with van der Waals surface area (Å²) in [6, 6.07) is 27.7. The number of carbonyl (C=O) groups excluding carboxylic acids is 1. The number of ketones is 1. The zero-order valence-electron chi connectivity index (χ0n) is 20.6. The molecule has 38 heavy (non-hydrogen) atoms. The van der Waals surface area contributed by atoms with E-state index in [-0.39, 0.29) is 17.9 Å². The highest BCUT2D eigenvalue weighted by Crippen LogP contribution is 2.44. The van der Waals surface area contributed by atoms with Crippen LogP contribution in [0.15, 0.2) is 102 Å². The predicted molar refractivity (Wildman–Crippen MR) is 156 cm³/mol. The van der Waals surface area contributed by atoms with Crippen molar-refractivity contribution in [2.75, 3.05) is 7.11 Å². The highest BCUT2D eigenvalue weighted by atomic mass is 32.2. The van der Waals surface area contributed by atoms with Crippen molar-refractivity contribution in [3.63, 3.8) is 0 Å². The Balaban J connectivity index is 1.59. The van der Waals surface area contributed by atoms with Crippen molar-refractivity contribution in [1.82, 2.24) is 9.88 Å². The van der Waals surface area contributed by atoms with Crippen LogP contribution in [0.3, 0.4) is 0 Å². The molecule has 7 heteroatoms. The summed E-state index contributed by atoms with van der Waals surface area (Å²) in [6.07, 6.45) is 1.15. The molecule has 0 spiro atoms. The maximum atomic E-state index is 13.9. The lowest BCUT2D eigenvalue weighted by molar-refractivity contribution is 0.103. The summed E-state index contributed by atoms with van der Waals surface area (Å²) < 4.78 is 8.59. The number of hydrogen-bond donors (Lipinski definition) is 1. The smallest absolute Gasteiger partial charge is 0.272 e. The molecule has 1 unspecified atom stereocenters. The lowest BCUT2D eigenvalue weighted by atomic mass is 10.1. The van der Waals surface area contributed by atoms with Crippen LogP contribution in [0.25, 0.3) is 21.2 Å². The number of nitrogens with zero attached hydrogens (tertiary/aromatic N) is 1. The van der Waals surface area contributed by atoms with Gasteiger partial charge >= 0.3 is 0 Å². The highest BCUT2D eigenvalue weighted by Gasteiger charge is 2.36. The molecular weight excluding hydrogens is 512 g/mol. The van der Waals surface area contributed by atoms with Crippen molar-refractivity contribution in [2.45, 2.75) is 12.6 Å². The van der Waals surface area contributed by atoms with Gasteiger partial charge in [0.15, 0.2) is 5.78 Å². The first-order valence-electron chi connectivity index (χ1n) is 12.2. The monoisotopic (exact) mass is 536 g/mol. The van der Waals surface area contributed by atoms with Gasteiger partial charge in [-0.25, -0.2) is 0 Å². The Morgan fingerprint density at radius 3 is 2.29 bits per heavy atom. The normalized spacial score (nSPS) is 19.5. The summed E-state index contributed by atoms with van der Waals surface area (Å²) in [5.41, 5.74) is 4.82. The standard InChI is InChI=1S/C31H24N2O3S2/c1-3-18-33-30(35)28(38-31(33)23-25(34)21-16-10-11-17-22(21)26(23)36-2)29-32-24(19-12-6-4-7-13-19)27(37-29)20-14-8-5-9-15-20/h3-17,26,32H,1,18H2,2H3/b29-28-,31-23-. The number of thiazole rings is 1. The number of nitrogens with one attached hydrogen (secondary N) is 1. The minimum absolute atomic E-state index is 0.108. The number of allylic oxidation sites excluding steroid dienone is 1. The average Bonchev–Trinajstić information content (AvgIpc) is 3.62. The Hall–Kier alpha value is -3.91. The van der Waals surface area contributed by atoms with Crippen LogP contribution in [0.1, 0.15) is 33.2 Å². The van der Waals surface area contributed by atoms with Gasteiger partial charge in [0.05, 0.1) is 11.3 Å². The minimum atomic E-state index is -0.534. The van der Waals surface area contributed by atoms with Crippen LogP contribution < -0.4 is 20.1 Å². The van der Waals surface area contributed by atoms with Crippen LogP contribution in [0, 0.1) is 0 Å². The number of aromatic nitrogens is 1. The molecule has 1 atom stereocenters. The molecule has 3 aromatic carbocycles. The molecule has 0 radical (unpaired) electrons. The van der Waals surface area contributed by atoms with Crippen LogP contribution in [0.2, 0.25) is 0 Å². The van der Waals surface area contributed by atoms with E-state index >= 15 is 0 Å². The van der Waals surface area contributed by atoms with Gasteiger partial charge in [-0.2, -0.15) is 0 Å². The van der Waals surface area contributed by atoms with E-state index in [1.54, 1.807) is 29.5 Å². The van der Waals surface area contributed by atoms with Crippen LogP contribution >= 0.6 is 23.1 Å². The Morgan fingerprint density at radius 2 is 1.61 bits per heavy atom. The van der Waals surface area contributed by atoms with Gasteiger partial charge in [-0.05, 0) is 16.7 Å². The molecule has 1 aliphatic heterocycles. The zero-order chi connectivity index (χ0) is 26.2. The van der Waals surface area contributed by atoms with Gasteiger partial charge in [0.1, 0.15) is 20.3 Å². The van der Waals surface area contributed by atoms with Gasteiger partial charge in [-0.3, -0.25) is 14.2 Å². The van der Waals surface area contributed by atoms with Crippen LogP contribution in [0.5, 0.6) is 0 Å². The van der Waals surface area contributed by atoms with Gasteiger partial charge in [0.2, 0.25) is 0 Å². The fourth-order valence-corrected chi connectivity index (χ4v) is 7.33. The van der Waals surface area contributed by atoms with Crippen molar-refractivity contribution < 1.29 is 9.53 Å². The van der Waals surface area contributed by atoms with Crippen LogP contribution in [-0.4, -0.2) is 17.5 Å². The molecule has 4 aromatic rings. The summed E-state index contributed by atoms with van der Waals surface area (Å²) in [5.74, 6) is -0.108. The summed E-state index contributed by atoms with van der Waals surface area (Å²) in [7, 11) is 1.59. The Morgan fingerprint density at radius 1 is 0.947 bits per heavy atom. The van der Waals surface area contributed by atoms with E-state index in [0.29, 0.717) is 20.3 Å². The number of rotatable bonds is 5. The van der Waals surface area contributed by atoms with Crippen LogP contribution in [-0.2, 0) is 11.3 Å². The highest BCUT2D eigenvalue weighted by molar-refractivity contribution is 8.16. The number of benzene rings is 3. The first-order chi connectivity index (χ1) is 18.6. The largest absolute Gasteiger partial charge is 0.372 e. The SMILES string of the molecule is C=CCn1c(=O)/c(=C2\NC(c3ccccc3)=C(c3ccccc3)S2)s/c1=C1/C(=O)c2ccccc2C1OC. The molecule has 0 saturated carbocycles. The number of hydrogen-bond acceptors (Lipinski definition) is 6. The molecule has 0 amide bonds. The quantitative estimate of drug-likeness (QED) is 0.373. The van der Waals surface area contributed by atoms with Gasteiger partial charge < -0.3 is 10.1 Å². The second-order valence-electron chi connectivity index (χ2n) is 8.88. The predicted octanol–water partition coefficient (Wildman–Crippen LogP) is 4.76. The zero-order valence-corrected chi connectivity index (χ0v) is 22.3. The van der Waals surface area contributed by atoms with Crippen LogP contribution in [0.4, 0.5) is 0 Å². The van der Waals surface area contributed by atoms with Crippen molar-refractivity contribution in [3.05, 3.63) is 139 Å². The molecule has 5 nitrogen and oxygen atoms in total. The van der Waals surface area contributed by atoms with E-state index in [4.69, 9.17) is 4.74 Å². The van der Waals surface area contributed by atoms with Gasteiger partial charge in [0, 0.05) is 24.1 Å². The summed E-state index contributed by atoms with van der Waals surface area (Å²) >= 11 is 2.87. The molecule has 1 aromatic heterocycles. The van der Waals surface area contributed by atoms with E-state index in [0.717, 1.165) is 32.3 Å². The molecule has 6 rings (SSSR count). The number of thioether (sulfide) groups is 1. The molecule has 0 bridgehead atoms. The molecular formula is C31H24N2O3S2. The third kappa shape index (κ3) is 4.00. The van der Waals surface area contributed by atoms with Gasteiger partial charge in [-0.15, -0.1) is 17.9 Å². The molecule has 2 heterocycles. The van der Waals surface area contributed by atoms with Crippen molar-refractivity contribution >= 4 is 50.1 Å². The topological polar surface area (TPSA) is 60.3 Å². The molecule has 2 aliphatic rings. The third-order valence-corrected chi connectivity index (χ3v) is 9.13. The maximum absolute atomic E-state index is 13.9. The molecule has 1 N–H and O–H groups in total. The van der Waals surface area contributed by atoms with Gasteiger partial charge in [0.25, 0.3) is 5.56 Å². The number of methoxy groups -OCH3 is 1. The Kier molecular flexibility index (Phi) is 6.49. The minimum Gasteiger partial charge on any atom is -0.372 e. The van der Waals surface area contributed by atoms with E-state index in [1.807, 2.05) is 60.7 Å². The van der Waals surface area contributed by atoms with E-state index < -0.39 is 6.10 Å².